The van der Waals surface area contributed by atoms with E-state index in [1.807, 2.05) is 0 Å². The molecule has 2 N–H and O–H groups in total. The van der Waals surface area contributed by atoms with Gasteiger partial charge in [-0.05, 0) is 25.0 Å². The van der Waals surface area contributed by atoms with Crippen LogP contribution in [-0.2, 0) is 4.74 Å². The molecule has 0 amide bonds. The first-order valence-electron chi connectivity index (χ1n) is 5.97. The number of nitro groups is 1. The van der Waals surface area contributed by atoms with Gasteiger partial charge in [-0.3, -0.25) is 10.1 Å². The summed E-state index contributed by atoms with van der Waals surface area (Å²) in [5.41, 5.74) is -0.775. The third-order valence-electron chi connectivity index (χ3n) is 3.31. The molecular weight excluding hydrogens is 255 g/mol. The van der Waals surface area contributed by atoms with Crippen molar-refractivity contribution in [3.05, 3.63) is 34.1 Å². The van der Waals surface area contributed by atoms with Gasteiger partial charge in [0.05, 0.1) is 23.1 Å². The molecule has 0 aliphatic carbocycles. The molecule has 19 heavy (non-hydrogen) atoms. The van der Waals surface area contributed by atoms with Gasteiger partial charge in [0, 0.05) is 13.2 Å². The smallest absolute Gasteiger partial charge is 0.295 e. The zero-order valence-electron chi connectivity index (χ0n) is 10.3. The third-order valence-corrected chi connectivity index (χ3v) is 3.31. The highest BCUT2D eigenvalue weighted by Gasteiger charge is 2.33. The van der Waals surface area contributed by atoms with Crippen molar-refractivity contribution in [2.75, 3.05) is 25.1 Å². The molecule has 1 aliphatic heterocycles. The van der Waals surface area contributed by atoms with Crippen LogP contribution in [0.3, 0.4) is 0 Å². The first-order valence-corrected chi connectivity index (χ1v) is 5.97. The largest absolute Gasteiger partial charge is 0.394 e. The van der Waals surface area contributed by atoms with Crippen molar-refractivity contribution in [1.29, 1.82) is 0 Å². The van der Waals surface area contributed by atoms with E-state index in [0.717, 1.165) is 12.1 Å². The number of hydrogen-bond acceptors (Lipinski definition) is 5. The molecule has 0 unspecified atom stereocenters. The lowest BCUT2D eigenvalue weighted by molar-refractivity contribution is -0.384. The third kappa shape index (κ3) is 2.99. The van der Waals surface area contributed by atoms with Gasteiger partial charge in [0.2, 0.25) is 0 Å². The van der Waals surface area contributed by atoms with E-state index in [1.54, 1.807) is 0 Å². The number of rotatable bonds is 4. The lowest BCUT2D eigenvalue weighted by Crippen LogP contribution is -2.47. The van der Waals surface area contributed by atoms with E-state index in [0.29, 0.717) is 26.1 Å². The van der Waals surface area contributed by atoms with Crippen LogP contribution in [0.15, 0.2) is 18.2 Å². The quantitative estimate of drug-likeness (QED) is 0.642. The summed E-state index contributed by atoms with van der Waals surface area (Å²) in [5, 5.41) is 23.4. The Morgan fingerprint density at radius 3 is 2.74 bits per heavy atom. The highest BCUT2D eigenvalue weighted by Crippen LogP contribution is 2.31. The van der Waals surface area contributed by atoms with Crippen molar-refractivity contribution >= 4 is 11.4 Å². The summed E-state index contributed by atoms with van der Waals surface area (Å²) >= 11 is 0. The van der Waals surface area contributed by atoms with Gasteiger partial charge in [0.15, 0.2) is 0 Å². The highest BCUT2D eigenvalue weighted by molar-refractivity contribution is 5.62. The topological polar surface area (TPSA) is 84.6 Å². The van der Waals surface area contributed by atoms with Crippen LogP contribution in [0.2, 0.25) is 0 Å². The SMILES string of the molecule is O=[N+]([O-])c1cc(F)ccc1NC1(CO)CCOCC1. The molecular formula is C12H15FN2O4. The molecule has 0 aromatic heterocycles. The number of hydrogen-bond donors (Lipinski definition) is 2. The monoisotopic (exact) mass is 270 g/mol. The van der Waals surface area contributed by atoms with E-state index in [-0.39, 0.29) is 18.0 Å². The van der Waals surface area contributed by atoms with E-state index in [2.05, 4.69) is 5.32 Å². The zero-order chi connectivity index (χ0) is 13.9. The van der Waals surface area contributed by atoms with Crippen molar-refractivity contribution in [2.45, 2.75) is 18.4 Å². The predicted octanol–water partition coefficient (Wildman–Crippen LogP) is 1.69. The van der Waals surface area contributed by atoms with Crippen LogP contribution in [0.1, 0.15) is 12.8 Å². The molecule has 0 spiro atoms. The normalized spacial score (nSPS) is 18.0. The van der Waals surface area contributed by atoms with Gasteiger partial charge >= 0.3 is 0 Å². The summed E-state index contributed by atoms with van der Waals surface area (Å²) in [6, 6.07) is 3.34. The van der Waals surface area contributed by atoms with Gasteiger partial charge in [-0.15, -0.1) is 0 Å². The Labute approximate surface area is 109 Å². The molecule has 6 nitrogen and oxygen atoms in total. The molecule has 1 aromatic rings. The minimum absolute atomic E-state index is 0.162. The summed E-state index contributed by atoms with van der Waals surface area (Å²) in [5.74, 6) is -0.665. The maximum absolute atomic E-state index is 13.1. The Hall–Kier alpha value is -1.73. The van der Waals surface area contributed by atoms with Crippen molar-refractivity contribution < 1.29 is 19.2 Å². The molecule has 1 heterocycles. The molecule has 1 aromatic carbocycles. The molecule has 0 radical (unpaired) electrons. The minimum Gasteiger partial charge on any atom is -0.394 e. The molecule has 2 rings (SSSR count). The van der Waals surface area contributed by atoms with Gasteiger partial charge in [-0.1, -0.05) is 0 Å². The van der Waals surface area contributed by atoms with Gasteiger partial charge < -0.3 is 15.2 Å². The van der Waals surface area contributed by atoms with Crippen LogP contribution >= 0.6 is 0 Å². The van der Waals surface area contributed by atoms with Gasteiger partial charge in [-0.2, -0.15) is 0 Å². The lowest BCUT2D eigenvalue weighted by Gasteiger charge is -2.37. The molecule has 7 heteroatoms. The Morgan fingerprint density at radius 2 is 2.16 bits per heavy atom. The number of nitro benzene ring substituents is 1. The average Bonchev–Trinajstić information content (AvgIpc) is 2.42. The molecule has 104 valence electrons. The number of halogens is 1. The maximum Gasteiger partial charge on any atom is 0.295 e. The number of ether oxygens (including phenoxy) is 1. The molecule has 1 saturated heterocycles. The highest BCUT2D eigenvalue weighted by atomic mass is 19.1. The summed E-state index contributed by atoms with van der Waals surface area (Å²) in [6.07, 6.45) is 1.08. The Morgan fingerprint density at radius 1 is 1.47 bits per heavy atom. The molecule has 0 bridgehead atoms. The van der Waals surface area contributed by atoms with E-state index in [1.165, 1.54) is 6.07 Å². The number of anilines is 1. The van der Waals surface area contributed by atoms with Crippen LogP contribution in [0.5, 0.6) is 0 Å². The van der Waals surface area contributed by atoms with E-state index >= 15 is 0 Å². The summed E-state index contributed by atoms with van der Waals surface area (Å²) < 4.78 is 18.3. The van der Waals surface area contributed by atoms with Gasteiger partial charge in [0.25, 0.3) is 5.69 Å². The van der Waals surface area contributed by atoms with Crippen molar-refractivity contribution in [1.82, 2.24) is 0 Å². The van der Waals surface area contributed by atoms with Crippen LogP contribution in [0, 0.1) is 15.9 Å². The Balaban J connectivity index is 2.28. The lowest BCUT2D eigenvalue weighted by atomic mass is 9.90. The minimum atomic E-state index is -0.665. The van der Waals surface area contributed by atoms with Gasteiger partial charge in [0.1, 0.15) is 11.5 Å². The molecule has 0 atom stereocenters. The fourth-order valence-electron chi connectivity index (χ4n) is 2.13. The van der Waals surface area contributed by atoms with E-state index < -0.39 is 16.3 Å². The second-order valence-electron chi connectivity index (χ2n) is 4.59. The first kappa shape index (κ1) is 13.7. The predicted molar refractivity (Wildman–Crippen MR) is 66.5 cm³/mol. The molecule has 0 saturated carbocycles. The fourth-order valence-corrected chi connectivity index (χ4v) is 2.13. The Bertz CT molecular complexity index is 475. The number of aliphatic hydroxyl groups excluding tert-OH is 1. The summed E-state index contributed by atoms with van der Waals surface area (Å²) in [6.45, 7) is 0.788. The standard InChI is InChI=1S/C12H15FN2O4/c13-9-1-2-10(11(7-9)15(17)18)14-12(8-16)3-5-19-6-4-12/h1-2,7,14,16H,3-6,8H2. The summed E-state index contributed by atoms with van der Waals surface area (Å²) in [4.78, 5) is 10.3. The zero-order valence-corrected chi connectivity index (χ0v) is 10.3. The van der Waals surface area contributed by atoms with Crippen LogP contribution in [0.25, 0.3) is 0 Å². The van der Waals surface area contributed by atoms with Crippen LogP contribution in [0.4, 0.5) is 15.8 Å². The molecule has 1 fully saturated rings. The van der Waals surface area contributed by atoms with Crippen molar-refractivity contribution in [3.8, 4) is 0 Å². The van der Waals surface area contributed by atoms with Crippen molar-refractivity contribution in [2.24, 2.45) is 0 Å². The van der Waals surface area contributed by atoms with E-state index in [4.69, 9.17) is 4.74 Å². The van der Waals surface area contributed by atoms with Crippen LogP contribution < -0.4 is 5.32 Å². The van der Waals surface area contributed by atoms with Gasteiger partial charge in [-0.25, -0.2) is 4.39 Å². The second kappa shape index (κ2) is 5.50. The number of benzene rings is 1. The Kier molecular flexibility index (Phi) is 3.96. The maximum atomic E-state index is 13.1. The first-order chi connectivity index (χ1) is 9.06. The number of aliphatic hydroxyl groups is 1. The number of nitrogens with one attached hydrogen (secondary N) is 1. The average molecular weight is 270 g/mol. The van der Waals surface area contributed by atoms with Crippen molar-refractivity contribution in [3.63, 3.8) is 0 Å². The molecule has 1 aliphatic rings. The fraction of sp³-hybridized carbons (Fsp3) is 0.500. The summed E-state index contributed by atoms with van der Waals surface area (Å²) in [7, 11) is 0. The van der Waals surface area contributed by atoms with Crippen LogP contribution in [-0.4, -0.2) is 35.4 Å². The second-order valence-corrected chi connectivity index (χ2v) is 4.59. The van der Waals surface area contributed by atoms with E-state index in [9.17, 15) is 19.6 Å². The number of nitrogens with zero attached hydrogens (tertiary/aromatic N) is 1.